The van der Waals surface area contributed by atoms with E-state index in [-0.39, 0.29) is 5.41 Å². The molecule has 2 aromatic rings. The van der Waals surface area contributed by atoms with Gasteiger partial charge in [0, 0.05) is 6.42 Å². The highest BCUT2D eigenvalue weighted by Crippen LogP contribution is 2.32. The molecule has 5 unspecified atom stereocenters. The van der Waals surface area contributed by atoms with Gasteiger partial charge in [0.25, 0.3) is 0 Å². The van der Waals surface area contributed by atoms with Crippen molar-refractivity contribution < 1.29 is 29.9 Å². The third-order valence-electron chi connectivity index (χ3n) is 4.98. The second-order valence-corrected chi connectivity index (χ2v) is 9.15. The molecule has 0 amide bonds. The van der Waals surface area contributed by atoms with Crippen molar-refractivity contribution in [1.82, 2.24) is 0 Å². The number of aliphatic hydroxyl groups excluding tert-OH is 4. The summed E-state index contributed by atoms with van der Waals surface area (Å²) in [7, 11) is 0. The molecule has 0 spiro atoms. The van der Waals surface area contributed by atoms with Crippen molar-refractivity contribution in [2.24, 2.45) is 0 Å². The molecule has 1 fully saturated rings. The number of hydrogen-bond acceptors (Lipinski definition) is 7. The first-order chi connectivity index (χ1) is 13.2. The van der Waals surface area contributed by atoms with Gasteiger partial charge in [-0.3, -0.25) is 0 Å². The Morgan fingerprint density at radius 2 is 1.68 bits per heavy atom. The number of aliphatic hydroxyl groups is 4. The van der Waals surface area contributed by atoms with Crippen LogP contribution in [0.2, 0.25) is 0 Å². The Labute approximate surface area is 169 Å². The van der Waals surface area contributed by atoms with Crippen LogP contribution in [0.3, 0.4) is 0 Å². The minimum Gasteiger partial charge on any atom is -0.461 e. The Morgan fingerprint density at radius 1 is 1.00 bits per heavy atom. The fraction of sp³-hybridized carbons (Fsp3) is 0.524. The molecule has 1 aliphatic heterocycles. The fourth-order valence-corrected chi connectivity index (χ4v) is 4.00. The second-order valence-electron chi connectivity index (χ2n) is 8.15. The fourth-order valence-electron chi connectivity index (χ4n) is 3.16. The van der Waals surface area contributed by atoms with E-state index >= 15 is 0 Å². The summed E-state index contributed by atoms with van der Waals surface area (Å²) >= 11 is 1.53. The van der Waals surface area contributed by atoms with Gasteiger partial charge in [-0.05, 0) is 28.0 Å². The monoisotopic (exact) mass is 408 g/mol. The largest absolute Gasteiger partial charge is 0.461 e. The second kappa shape index (κ2) is 8.49. The number of ether oxygens (including phenoxy) is 2. The molecule has 0 saturated carbocycles. The quantitative estimate of drug-likeness (QED) is 0.602. The van der Waals surface area contributed by atoms with Gasteiger partial charge in [-0.2, -0.15) is 0 Å². The molecule has 1 aromatic heterocycles. The van der Waals surface area contributed by atoms with Gasteiger partial charge < -0.3 is 29.9 Å². The predicted octanol–water partition coefficient (Wildman–Crippen LogP) is 1.82. The molecule has 154 valence electrons. The van der Waals surface area contributed by atoms with Crippen LogP contribution in [0.1, 0.15) is 36.8 Å². The zero-order valence-corrected chi connectivity index (χ0v) is 17.1. The summed E-state index contributed by atoms with van der Waals surface area (Å²) in [5, 5.41) is 41.2. The Bertz CT molecular complexity index is 764. The maximum Gasteiger partial charge on any atom is 0.229 e. The standard InChI is InChI=1S/C21H28O6S/c1-21(2,3)13-6-4-12(5-7-13)10-16-14(8-9-28-16)26-20-19(25)18(24)17(23)15(11-22)27-20/h4-9,15,17-20,22-25H,10-11H2,1-3H3. The number of rotatable bonds is 5. The van der Waals surface area contributed by atoms with Crippen LogP contribution in [0.15, 0.2) is 35.7 Å². The SMILES string of the molecule is CC(C)(C)c1ccc(Cc2sccc2OC2OC(CO)C(O)C(O)C2O)cc1. The highest BCUT2D eigenvalue weighted by atomic mass is 32.1. The van der Waals surface area contributed by atoms with E-state index in [0.717, 1.165) is 10.4 Å². The topological polar surface area (TPSA) is 99.4 Å². The van der Waals surface area contributed by atoms with Crippen molar-refractivity contribution in [2.45, 2.75) is 63.3 Å². The van der Waals surface area contributed by atoms with Crippen LogP contribution >= 0.6 is 11.3 Å². The van der Waals surface area contributed by atoms with Crippen LogP contribution in [0.4, 0.5) is 0 Å². The van der Waals surface area contributed by atoms with E-state index in [0.29, 0.717) is 12.2 Å². The molecule has 0 aliphatic carbocycles. The summed E-state index contributed by atoms with van der Waals surface area (Å²) in [5.41, 5.74) is 2.49. The van der Waals surface area contributed by atoms with Crippen molar-refractivity contribution in [1.29, 1.82) is 0 Å². The molecule has 2 heterocycles. The van der Waals surface area contributed by atoms with Crippen molar-refractivity contribution in [3.8, 4) is 5.75 Å². The summed E-state index contributed by atoms with van der Waals surface area (Å²) in [5.74, 6) is 0.550. The molecule has 1 aliphatic rings. The van der Waals surface area contributed by atoms with E-state index < -0.39 is 37.3 Å². The van der Waals surface area contributed by atoms with E-state index in [1.54, 1.807) is 6.07 Å². The molecular formula is C21H28O6S. The Balaban J connectivity index is 1.72. The normalized spacial score (nSPS) is 28.3. The maximum atomic E-state index is 10.2. The average Bonchev–Trinajstić information content (AvgIpc) is 3.08. The minimum atomic E-state index is -1.46. The van der Waals surface area contributed by atoms with Crippen LogP contribution in [0.5, 0.6) is 5.75 Å². The number of thiophene rings is 1. The molecular weight excluding hydrogens is 380 g/mol. The smallest absolute Gasteiger partial charge is 0.229 e. The van der Waals surface area contributed by atoms with Crippen LogP contribution in [0.25, 0.3) is 0 Å². The van der Waals surface area contributed by atoms with Crippen molar-refractivity contribution in [3.05, 3.63) is 51.7 Å². The first-order valence-electron chi connectivity index (χ1n) is 9.33. The third kappa shape index (κ3) is 4.56. The highest BCUT2D eigenvalue weighted by Gasteiger charge is 2.44. The van der Waals surface area contributed by atoms with Crippen LogP contribution < -0.4 is 4.74 Å². The van der Waals surface area contributed by atoms with Crippen molar-refractivity contribution in [3.63, 3.8) is 0 Å². The van der Waals surface area contributed by atoms with Crippen LogP contribution in [-0.4, -0.2) is 57.7 Å². The summed E-state index contributed by atoms with van der Waals surface area (Å²) in [6.45, 7) is 6.04. The van der Waals surface area contributed by atoms with Gasteiger partial charge in [0.1, 0.15) is 30.2 Å². The van der Waals surface area contributed by atoms with E-state index in [1.165, 1.54) is 16.9 Å². The van der Waals surface area contributed by atoms with Crippen LogP contribution in [-0.2, 0) is 16.6 Å². The summed E-state index contributed by atoms with van der Waals surface area (Å²) in [6, 6.07) is 10.2. The van der Waals surface area contributed by atoms with Crippen molar-refractivity contribution in [2.75, 3.05) is 6.61 Å². The molecule has 1 saturated heterocycles. The zero-order chi connectivity index (χ0) is 20.5. The molecule has 28 heavy (non-hydrogen) atoms. The lowest BCUT2D eigenvalue weighted by molar-refractivity contribution is -0.277. The van der Waals surface area contributed by atoms with Gasteiger partial charge in [-0.25, -0.2) is 0 Å². The Hall–Kier alpha value is -1.48. The van der Waals surface area contributed by atoms with E-state index in [9.17, 15) is 20.4 Å². The van der Waals surface area contributed by atoms with Gasteiger partial charge in [0.15, 0.2) is 0 Å². The number of hydrogen-bond donors (Lipinski definition) is 4. The molecule has 5 atom stereocenters. The van der Waals surface area contributed by atoms with E-state index in [2.05, 4.69) is 45.0 Å². The molecule has 6 nitrogen and oxygen atoms in total. The van der Waals surface area contributed by atoms with Crippen LogP contribution in [0, 0.1) is 0 Å². The average molecular weight is 409 g/mol. The molecule has 0 radical (unpaired) electrons. The summed E-state index contributed by atoms with van der Waals surface area (Å²) in [6.07, 6.45) is -5.78. The maximum absolute atomic E-state index is 10.2. The molecule has 0 bridgehead atoms. The summed E-state index contributed by atoms with van der Waals surface area (Å²) < 4.78 is 11.2. The molecule has 1 aromatic carbocycles. The van der Waals surface area contributed by atoms with E-state index in [1.807, 2.05) is 5.38 Å². The highest BCUT2D eigenvalue weighted by molar-refractivity contribution is 7.10. The lowest BCUT2D eigenvalue weighted by Gasteiger charge is -2.39. The molecule has 4 N–H and O–H groups in total. The van der Waals surface area contributed by atoms with E-state index in [4.69, 9.17) is 9.47 Å². The van der Waals surface area contributed by atoms with Gasteiger partial charge in [-0.15, -0.1) is 11.3 Å². The lowest BCUT2D eigenvalue weighted by atomic mass is 9.86. The first kappa shape index (κ1) is 21.2. The minimum absolute atomic E-state index is 0.0961. The lowest BCUT2D eigenvalue weighted by Crippen LogP contribution is -2.60. The Morgan fingerprint density at radius 3 is 2.29 bits per heavy atom. The van der Waals surface area contributed by atoms with Gasteiger partial charge in [0.2, 0.25) is 6.29 Å². The van der Waals surface area contributed by atoms with Crippen molar-refractivity contribution >= 4 is 11.3 Å². The zero-order valence-electron chi connectivity index (χ0n) is 16.3. The van der Waals surface area contributed by atoms with Gasteiger partial charge in [-0.1, -0.05) is 45.0 Å². The van der Waals surface area contributed by atoms with Gasteiger partial charge >= 0.3 is 0 Å². The van der Waals surface area contributed by atoms with Gasteiger partial charge in [0.05, 0.1) is 11.5 Å². The Kier molecular flexibility index (Phi) is 6.44. The predicted molar refractivity (Wildman–Crippen MR) is 107 cm³/mol. The molecule has 7 heteroatoms. The molecule has 3 rings (SSSR count). The summed E-state index contributed by atoms with van der Waals surface area (Å²) in [4.78, 5) is 0.959. The third-order valence-corrected chi connectivity index (χ3v) is 5.88. The first-order valence-corrected chi connectivity index (χ1v) is 10.2. The number of benzene rings is 1.